The molecule has 0 spiro atoms. The minimum Gasteiger partial charge on any atom is -0.375 e. The lowest BCUT2D eigenvalue weighted by atomic mass is 10.0. The number of aryl methyl sites for hydroxylation is 1. The van der Waals surface area contributed by atoms with E-state index in [9.17, 15) is 4.79 Å². The van der Waals surface area contributed by atoms with E-state index in [0.717, 1.165) is 12.0 Å². The maximum atomic E-state index is 12.4. The molecule has 108 valence electrons. The number of fused-ring (bicyclic) bond motifs is 1. The number of hydrogen-bond acceptors (Lipinski definition) is 2. The lowest BCUT2D eigenvalue weighted by molar-refractivity contribution is 0.0739. The highest BCUT2D eigenvalue weighted by Gasteiger charge is 2.20. The van der Waals surface area contributed by atoms with Gasteiger partial charge in [-0.1, -0.05) is 48.0 Å². The Morgan fingerprint density at radius 1 is 1.19 bits per heavy atom. The third kappa shape index (κ3) is 3.31. The Morgan fingerprint density at radius 2 is 2.05 bits per heavy atom. The SMILES string of the molecule is Cc1cccc(CC2COCc3ccccc3C(=O)N2)c1. The van der Waals surface area contributed by atoms with Gasteiger partial charge in [-0.05, 0) is 30.5 Å². The number of ether oxygens (including phenoxy) is 1. The molecular formula is C18H19NO2. The molecule has 3 heteroatoms. The highest BCUT2D eigenvalue weighted by Crippen LogP contribution is 2.15. The third-order valence-electron chi connectivity index (χ3n) is 3.74. The molecular weight excluding hydrogens is 262 g/mol. The molecule has 0 aliphatic carbocycles. The molecule has 0 bridgehead atoms. The first kappa shape index (κ1) is 13.8. The Hall–Kier alpha value is -2.13. The van der Waals surface area contributed by atoms with Crippen LogP contribution in [0, 0.1) is 6.92 Å². The van der Waals surface area contributed by atoms with E-state index in [-0.39, 0.29) is 11.9 Å². The van der Waals surface area contributed by atoms with E-state index >= 15 is 0 Å². The van der Waals surface area contributed by atoms with E-state index in [1.165, 1.54) is 11.1 Å². The Bertz CT molecular complexity index is 651. The van der Waals surface area contributed by atoms with Crippen molar-refractivity contribution >= 4 is 5.91 Å². The Balaban J connectivity index is 1.76. The van der Waals surface area contributed by atoms with Crippen LogP contribution in [0.2, 0.25) is 0 Å². The number of rotatable bonds is 2. The lowest BCUT2D eigenvalue weighted by Crippen LogP contribution is -2.41. The van der Waals surface area contributed by atoms with Crippen molar-refractivity contribution in [2.75, 3.05) is 6.61 Å². The summed E-state index contributed by atoms with van der Waals surface area (Å²) in [6.45, 7) is 3.11. The van der Waals surface area contributed by atoms with Gasteiger partial charge >= 0.3 is 0 Å². The van der Waals surface area contributed by atoms with E-state index in [2.05, 4.69) is 30.4 Å². The molecule has 3 rings (SSSR count). The average Bonchev–Trinajstić information content (AvgIpc) is 2.46. The molecule has 0 saturated carbocycles. The van der Waals surface area contributed by atoms with Gasteiger partial charge in [0, 0.05) is 5.56 Å². The van der Waals surface area contributed by atoms with E-state index in [0.29, 0.717) is 18.8 Å². The largest absolute Gasteiger partial charge is 0.375 e. The standard InChI is InChI=1S/C18H19NO2/c1-13-5-4-6-14(9-13)10-16-12-21-11-15-7-2-3-8-17(15)18(20)19-16/h2-9,16H,10-12H2,1H3,(H,19,20). The van der Waals surface area contributed by atoms with Crippen LogP contribution in [0.5, 0.6) is 0 Å². The zero-order valence-corrected chi connectivity index (χ0v) is 12.1. The summed E-state index contributed by atoms with van der Waals surface area (Å²) >= 11 is 0. The van der Waals surface area contributed by atoms with Crippen molar-refractivity contribution < 1.29 is 9.53 Å². The molecule has 1 unspecified atom stereocenters. The first-order valence-electron chi connectivity index (χ1n) is 7.24. The molecule has 0 aromatic heterocycles. The van der Waals surface area contributed by atoms with Crippen LogP contribution in [0.3, 0.4) is 0 Å². The van der Waals surface area contributed by atoms with Crippen LogP contribution < -0.4 is 5.32 Å². The molecule has 2 aromatic carbocycles. The van der Waals surface area contributed by atoms with Gasteiger partial charge < -0.3 is 10.1 Å². The fourth-order valence-corrected chi connectivity index (χ4v) is 2.72. The third-order valence-corrected chi connectivity index (χ3v) is 3.74. The van der Waals surface area contributed by atoms with Crippen molar-refractivity contribution in [2.45, 2.75) is 26.0 Å². The Labute approximate surface area is 124 Å². The monoisotopic (exact) mass is 281 g/mol. The van der Waals surface area contributed by atoms with Gasteiger partial charge in [0.25, 0.3) is 5.91 Å². The summed E-state index contributed by atoms with van der Waals surface area (Å²) in [5.74, 6) is -0.00782. The molecule has 1 atom stereocenters. The molecule has 0 saturated heterocycles. The molecule has 1 amide bonds. The molecule has 0 radical (unpaired) electrons. The topological polar surface area (TPSA) is 38.3 Å². The summed E-state index contributed by atoms with van der Waals surface area (Å²) < 4.78 is 5.75. The highest BCUT2D eigenvalue weighted by atomic mass is 16.5. The number of benzene rings is 2. The van der Waals surface area contributed by atoms with Gasteiger partial charge in [-0.2, -0.15) is 0 Å². The summed E-state index contributed by atoms with van der Waals surface area (Å²) in [6, 6.07) is 16.0. The van der Waals surface area contributed by atoms with Crippen LogP contribution in [0.4, 0.5) is 0 Å². The smallest absolute Gasteiger partial charge is 0.251 e. The first-order chi connectivity index (χ1) is 10.2. The van der Waals surface area contributed by atoms with Gasteiger partial charge in [0.15, 0.2) is 0 Å². The fourth-order valence-electron chi connectivity index (χ4n) is 2.72. The molecule has 2 aromatic rings. The molecule has 0 fully saturated rings. The molecule has 1 N–H and O–H groups in total. The molecule has 1 aliphatic rings. The zero-order chi connectivity index (χ0) is 14.7. The van der Waals surface area contributed by atoms with Crippen LogP contribution in [0.25, 0.3) is 0 Å². The van der Waals surface area contributed by atoms with Crippen molar-refractivity contribution in [3.8, 4) is 0 Å². The number of hydrogen-bond donors (Lipinski definition) is 1. The second kappa shape index (κ2) is 6.10. The van der Waals surface area contributed by atoms with Gasteiger partial charge in [-0.3, -0.25) is 4.79 Å². The van der Waals surface area contributed by atoms with E-state index < -0.39 is 0 Å². The Kier molecular flexibility index (Phi) is 4.02. The predicted octanol–water partition coefficient (Wildman–Crippen LogP) is 2.87. The molecule has 1 heterocycles. The number of carbonyl (C=O) groups is 1. The lowest BCUT2D eigenvalue weighted by Gasteiger charge is -2.23. The Morgan fingerprint density at radius 3 is 2.90 bits per heavy atom. The molecule has 1 aliphatic heterocycles. The fraction of sp³-hybridized carbons (Fsp3) is 0.278. The van der Waals surface area contributed by atoms with Gasteiger partial charge in [0.1, 0.15) is 0 Å². The van der Waals surface area contributed by atoms with Gasteiger partial charge in [0.05, 0.1) is 19.3 Å². The molecule has 21 heavy (non-hydrogen) atoms. The summed E-state index contributed by atoms with van der Waals surface area (Å²) in [7, 11) is 0. The van der Waals surface area contributed by atoms with Crippen LogP contribution >= 0.6 is 0 Å². The molecule has 3 nitrogen and oxygen atoms in total. The van der Waals surface area contributed by atoms with Crippen molar-refractivity contribution in [1.82, 2.24) is 5.32 Å². The normalized spacial score (nSPS) is 18.3. The van der Waals surface area contributed by atoms with E-state index in [1.54, 1.807) is 0 Å². The minimum absolute atomic E-state index is 0.00709. The predicted molar refractivity (Wildman–Crippen MR) is 82.2 cm³/mol. The second-order valence-corrected chi connectivity index (χ2v) is 5.54. The van der Waals surface area contributed by atoms with Crippen molar-refractivity contribution in [1.29, 1.82) is 0 Å². The van der Waals surface area contributed by atoms with E-state index in [1.807, 2.05) is 30.3 Å². The second-order valence-electron chi connectivity index (χ2n) is 5.54. The number of nitrogens with one attached hydrogen (secondary N) is 1. The van der Waals surface area contributed by atoms with Gasteiger partial charge in [-0.25, -0.2) is 0 Å². The zero-order valence-electron chi connectivity index (χ0n) is 12.1. The van der Waals surface area contributed by atoms with Crippen LogP contribution in [-0.2, 0) is 17.8 Å². The number of amides is 1. The summed E-state index contributed by atoms with van der Waals surface area (Å²) in [5.41, 5.74) is 4.11. The average molecular weight is 281 g/mol. The summed E-state index contributed by atoms with van der Waals surface area (Å²) in [5, 5.41) is 3.08. The maximum absolute atomic E-state index is 12.4. The maximum Gasteiger partial charge on any atom is 0.251 e. The van der Waals surface area contributed by atoms with Gasteiger partial charge in [-0.15, -0.1) is 0 Å². The minimum atomic E-state index is -0.00782. The van der Waals surface area contributed by atoms with E-state index in [4.69, 9.17) is 4.74 Å². The van der Waals surface area contributed by atoms with Crippen LogP contribution in [0.15, 0.2) is 48.5 Å². The van der Waals surface area contributed by atoms with Crippen molar-refractivity contribution in [2.24, 2.45) is 0 Å². The quantitative estimate of drug-likeness (QED) is 0.919. The first-order valence-corrected chi connectivity index (χ1v) is 7.24. The van der Waals surface area contributed by atoms with Crippen LogP contribution in [0.1, 0.15) is 27.0 Å². The van der Waals surface area contributed by atoms with Gasteiger partial charge in [0.2, 0.25) is 0 Å². The van der Waals surface area contributed by atoms with Crippen molar-refractivity contribution in [3.63, 3.8) is 0 Å². The van der Waals surface area contributed by atoms with Crippen molar-refractivity contribution in [3.05, 3.63) is 70.8 Å². The summed E-state index contributed by atoms with van der Waals surface area (Å²) in [4.78, 5) is 12.4. The summed E-state index contributed by atoms with van der Waals surface area (Å²) in [6.07, 6.45) is 0.787. The highest BCUT2D eigenvalue weighted by molar-refractivity contribution is 5.95. The number of carbonyl (C=O) groups excluding carboxylic acids is 1. The van der Waals surface area contributed by atoms with Crippen LogP contribution in [-0.4, -0.2) is 18.6 Å².